The van der Waals surface area contributed by atoms with Crippen LogP contribution in [0.1, 0.15) is 5.56 Å². The van der Waals surface area contributed by atoms with Crippen LogP contribution in [0.3, 0.4) is 0 Å². The third-order valence-electron chi connectivity index (χ3n) is 2.64. The highest BCUT2D eigenvalue weighted by atomic mass is 35.6. The minimum absolute atomic E-state index is 0.602. The van der Waals surface area contributed by atoms with Crippen LogP contribution in [0, 0.1) is 0 Å². The molecule has 1 atom stereocenters. The van der Waals surface area contributed by atoms with Crippen molar-refractivity contribution in [3.8, 4) is 0 Å². The van der Waals surface area contributed by atoms with E-state index < -0.39 is 23.1 Å². The van der Waals surface area contributed by atoms with Crippen molar-refractivity contribution in [3.63, 3.8) is 0 Å². The highest BCUT2D eigenvalue weighted by Gasteiger charge is 2.48. The fourth-order valence-electron chi connectivity index (χ4n) is 1.54. The molecule has 0 saturated carbocycles. The third kappa shape index (κ3) is 5.58. The number of carbonyl (C=O) groups is 1. The van der Waals surface area contributed by atoms with E-state index in [0.717, 1.165) is 19.8 Å². The fraction of sp³-hybridized carbons (Fsp3) is 0.308. The van der Waals surface area contributed by atoms with Gasteiger partial charge in [0.2, 0.25) is 9.70 Å². The second-order valence-electron chi connectivity index (χ2n) is 4.10. The molecule has 1 N–H and O–H groups in total. The van der Waals surface area contributed by atoms with Gasteiger partial charge < -0.3 is 14.4 Å². The molecule has 0 bridgehead atoms. The first-order valence-corrected chi connectivity index (χ1v) is 8.79. The zero-order chi connectivity index (χ0) is 16.8. The van der Waals surface area contributed by atoms with Crippen LogP contribution in [0.2, 0.25) is 0 Å². The van der Waals surface area contributed by atoms with E-state index in [4.69, 9.17) is 43.9 Å². The van der Waals surface area contributed by atoms with Gasteiger partial charge in [-0.25, -0.2) is 0 Å². The Kier molecular flexibility index (Phi) is 7.39. The maximum Gasteiger partial charge on any atom is 0.356 e. The molecule has 0 unspecified atom stereocenters. The lowest BCUT2D eigenvalue weighted by atomic mass is 10.2. The Labute approximate surface area is 144 Å². The third-order valence-corrected chi connectivity index (χ3v) is 5.92. The topological polar surface area (TPSA) is 64.6 Å². The molecule has 0 aromatic heterocycles. The van der Waals surface area contributed by atoms with Crippen molar-refractivity contribution in [1.29, 1.82) is 0 Å². The first-order chi connectivity index (χ1) is 10.2. The van der Waals surface area contributed by atoms with Gasteiger partial charge in [0.15, 0.2) is 5.78 Å². The zero-order valence-corrected chi connectivity index (χ0v) is 15.0. The summed E-state index contributed by atoms with van der Waals surface area (Å²) in [5.74, 6) is -2.05. The number of benzene rings is 1. The molecule has 1 aromatic carbocycles. The number of rotatable bonds is 6. The molecular formula is C13H15Cl3NO4P. The van der Waals surface area contributed by atoms with Crippen molar-refractivity contribution >= 4 is 54.4 Å². The van der Waals surface area contributed by atoms with E-state index in [-0.39, 0.29) is 0 Å². The number of halogens is 3. The van der Waals surface area contributed by atoms with Crippen LogP contribution >= 0.6 is 42.4 Å². The monoisotopic (exact) mass is 385 g/mol. The molecule has 0 spiro atoms. The first-order valence-electron chi connectivity index (χ1n) is 6.04. The van der Waals surface area contributed by atoms with E-state index in [1.165, 1.54) is 6.08 Å². The minimum Gasteiger partial charge on any atom is -0.335 e. The molecule has 0 aliphatic heterocycles. The van der Waals surface area contributed by atoms with E-state index in [1.54, 1.807) is 6.08 Å². The summed E-state index contributed by atoms with van der Waals surface area (Å²) in [6.45, 7) is 0. The molecule has 1 rings (SSSR count). The maximum absolute atomic E-state index is 12.4. The highest BCUT2D eigenvalue weighted by molar-refractivity contribution is 7.55. The second-order valence-corrected chi connectivity index (χ2v) is 8.80. The molecule has 0 aliphatic carbocycles. The van der Waals surface area contributed by atoms with E-state index in [0.29, 0.717) is 0 Å². The van der Waals surface area contributed by atoms with Gasteiger partial charge in [-0.05, 0) is 11.6 Å². The largest absolute Gasteiger partial charge is 0.356 e. The summed E-state index contributed by atoms with van der Waals surface area (Å²) < 4.78 is 19.9. The van der Waals surface area contributed by atoms with Crippen LogP contribution in [0.5, 0.6) is 0 Å². The molecular weight excluding hydrogens is 371 g/mol. The predicted molar refractivity (Wildman–Crippen MR) is 89.3 cm³/mol. The number of carbonyl (C=O) groups excluding carboxylic acids is 1. The molecule has 1 amide bonds. The fourth-order valence-corrected chi connectivity index (χ4v) is 4.00. The van der Waals surface area contributed by atoms with Crippen molar-refractivity contribution in [2.24, 2.45) is 0 Å². The number of amides is 1. The molecule has 0 fully saturated rings. The number of hydrogen-bond acceptors (Lipinski definition) is 4. The SMILES string of the molecule is COP(=O)(OC)[C@@H](NC(=O)/C=C\c1ccccc1)C(Cl)(Cl)Cl. The Balaban J connectivity index is 2.89. The van der Waals surface area contributed by atoms with Crippen molar-refractivity contribution in [3.05, 3.63) is 42.0 Å². The van der Waals surface area contributed by atoms with Crippen molar-refractivity contribution < 1.29 is 18.4 Å². The summed E-state index contributed by atoms with van der Waals surface area (Å²) in [6, 6.07) is 9.12. The Morgan fingerprint density at radius 2 is 1.77 bits per heavy atom. The van der Waals surface area contributed by atoms with Gasteiger partial charge in [0.05, 0.1) is 0 Å². The van der Waals surface area contributed by atoms with E-state index >= 15 is 0 Å². The lowest BCUT2D eigenvalue weighted by Crippen LogP contribution is -2.43. The number of alkyl halides is 3. The molecule has 0 aliphatic rings. The summed E-state index contributed by atoms with van der Waals surface area (Å²) in [5, 5.41) is 2.33. The summed E-state index contributed by atoms with van der Waals surface area (Å²) in [4.78, 5) is 11.9. The summed E-state index contributed by atoms with van der Waals surface area (Å²) in [5.41, 5.74) is 0.810. The quantitative estimate of drug-likeness (QED) is 0.456. The zero-order valence-electron chi connectivity index (χ0n) is 11.8. The number of nitrogens with one attached hydrogen (secondary N) is 1. The van der Waals surface area contributed by atoms with Crippen LogP contribution in [0.25, 0.3) is 6.08 Å². The standard InChI is InChI=1S/C13H15Cl3NO4P/c1-20-22(19,21-2)12(13(14,15)16)17-11(18)9-8-10-6-4-3-5-7-10/h3-9,12H,1-2H3,(H,17,18)/b9-8-/t12-/m1/s1. The molecule has 9 heteroatoms. The lowest BCUT2D eigenvalue weighted by molar-refractivity contribution is -0.116. The Morgan fingerprint density at radius 3 is 2.23 bits per heavy atom. The van der Waals surface area contributed by atoms with Gasteiger partial charge >= 0.3 is 7.60 Å². The molecule has 0 radical (unpaired) electrons. The molecule has 1 aromatic rings. The number of hydrogen-bond donors (Lipinski definition) is 1. The highest BCUT2D eigenvalue weighted by Crippen LogP contribution is 2.57. The predicted octanol–water partition coefficient (Wildman–Crippen LogP) is 4.00. The van der Waals surface area contributed by atoms with Gasteiger partial charge in [-0.1, -0.05) is 65.1 Å². The van der Waals surface area contributed by atoms with Crippen LogP contribution in [-0.2, 0) is 18.4 Å². The van der Waals surface area contributed by atoms with Crippen molar-refractivity contribution in [1.82, 2.24) is 5.32 Å². The smallest absolute Gasteiger partial charge is 0.335 e. The van der Waals surface area contributed by atoms with Crippen LogP contribution in [0.4, 0.5) is 0 Å². The summed E-state index contributed by atoms with van der Waals surface area (Å²) in [6.07, 6.45) is 2.80. The average Bonchev–Trinajstić information content (AvgIpc) is 2.50. The van der Waals surface area contributed by atoms with Gasteiger partial charge in [0.25, 0.3) is 0 Å². The van der Waals surface area contributed by atoms with E-state index in [1.807, 2.05) is 30.3 Å². The van der Waals surface area contributed by atoms with E-state index in [2.05, 4.69) is 5.32 Å². The average molecular weight is 387 g/mol. The van der Waals surface area contributed by atoms with Gasteiger partial charge in [0, 0.05) is 20.3 Å². The molecule has 22 heavy (non-hydrogen) atoms. The first kappa shape index (κ1) is 19.5. The Bertz CT molecular complexity index is 566. The summed E-state index contributed by atoms with van der Waals surface area (Å²) >= 11 is 17.3. The summed E-state index contributed by atoms with van der Waals surface area (Å²) in [7, 11) is -1.55. The van der Waals surface area contributed by atoms with Gasteiger partial charge in [0.1, 0.15) is 0 Å². The molecule has 122 valence electrons. The molecule has 5 nitrogen and oxygen atoms in total. The van der Waals surface area contributed by atoms with Crippen LogP contribution < -0.4 is 5.32 Å². The van der Waals surface area contributed by atoms with Crippen LogP contribution in [0.15, 0.2) is 36.4 Å². The normalized spacial score (nSPS) is 14.0. The van der Waals surface area contributed by atoms with Crippen molar-refractivity contribution in [2.45, 2.75) is 9.58 Å². The van der Waals surface area contributed by atoms with Gasteiger partial charge in [-0.15, -0.1) is 0 Å². The van der Waals surface area contributed by atoms with E-state index in [9.17, 15) is 9.36 Å². The van der Waals surface area contributed by atoms with Crippen molar-refractivity contribution in [2.75, 3.05) is 14.2 Å². The Hall–Kier alpha value is -0.550. The van der Waals surface area contributed by atoms with Gasteiger partial charge in [-0.2, -0.15) is 0 Å². The van der Waals surface area contributed by atoms with Gasteiger partial charge in [-0.3, -0.25) is 9.36 Å². The lowest BCUT2D eigenvalue weighted by Gasteiger charge is -2.29. The molecule has 0 saturated heterocycles. The molecule has 0 heterocycles. The maximum atomic E-state index is 12.4. The van der Waals surface area contributed by atoms with Crippen LogP contribution in [-0.4, -0.2) is 29.7 Å². The Morgan fingerprint density at radius 1 is 1.23 bits per heavy atom. The second kappa shape index (κ2) is 8.34. The minimum atomic E-state index is -3.82.